The summed E-state index contributed by atoms with van der Waals surface area (Å²) >= 11 is 0. The van der Waals surface area contributed by atoms with Crippen molar-refractivity contribution in [3.63, 3.8) is 0 Å². The van der Waals surface area contributed by atoms with E-state index in [4.69, 9.17) is 14.2 Å². The van der Waals surface area contributed by atoms with Gasteiger partial charge < -0.3 is 19.5 Å². The van der Waals surface area contributed by atoms with E-state index in [0.717, 1.165) is 48.7 Å². The van der Waals surface area contributed by atoms with Gasteiger partial charge in [-0.2, -0.15) is 0 Å². The minimum absolute atomic E-state index is 0.133. The minimum Gasteiger partial charge on any atom is -0.482 e. The van der Waals surface area contributed by atoms with Crippen molar-refractivity contribution in [2.45, 2.75) is 18.4 Å². The van der Waals surface area contributed by atoms with Crippen LogP contribution in [0.1, 0.15) is 18.4 Å². The average Bonchev–Trinajstić information content (AvgIpc) is 2.84. The van der Waals surface area contributed by atoms with Crippen molar-refractivity contribution in [1.82, 2.24) is 5.32 Å². The molecule has 3 aliphatic rings. The Hall–Kier alpha value is -1.68. The fourth-order valence-corrected chi connectivity index (χ4v) is 2.77. The Morgan fingerprint density at radius 3 is 2.61 bits per heavy atom. The molecule has 4 heteroatoms. The van der Waals surface area contributed by atoms with Gasteiger partial charge in [0.25, 0.3) is 0 Å². The molecule has 0 atom stereocenters. The summed E-state index contributed by atoms with van der Waals surface area (Å²) in [5.41, 5.74) is 0.940. The Bertz CT molecular complexity index is 518. The van der Waals surface area contributed by atoms with Crippen molar-refractivity contribution in [2.75, 3.05) is 19.9 Å². The van der Waals surface area contributed by atoms with Gasteiger partial charge >= 0.3 is 0 Å². The van der Waals surface area contributed by atoms with E-state index < -0.39 is 0 Å². The lowest BCUT2D eigenvalue weighted by Gasteiger charge is -2.38. The first-order valence-electron chi connectivity index (χ1n) is 6.37. The monoisotopic (exact) mass is 245 g/mol. The van der Waals surface area contributed by atoms with Crippen LogP contribution in [0.5, 0.6) is 17.2 Å². The number of rotatable bonds is 0. The summed E-state index contributed by atoms with van der Waals surface area (Å²) in [4.78, 5) is 0. The standard InChI is InChI=1S/C14H15NO3/c1-2-14(3-5-15-6-4-14)18-11-8-13-12(7-10(1)11)16-9-17-13/h1-2,7-8,15H,3-6,9H2. The zero-order chi connectivity index (χ0) is 12.0. The summed E-state index contributed by atoms with van der Waals surface area (Å²) in [6, 6.07) is 3.94. The molecule has 1 N–H and O–H groups in total. The van der Waals surface area contributed by atoms with E-state index in [2.05, 4.69) is 17.5 Å². The highest BCUT2D eigenvalue weighted by Crippen LogP contribution is 2.43. The molecule has 1 aromatic carbocycles. The normalized spacial score (nSPS) is 22.7. The van der Waals surface area contributed by atoms with Crippen molar-refractivity contribution < 1.29 is 14.2 Å². The fourth-order valence-electron chi connectivity index (χ4n) is 2.77. The molecule has 4 nitrogen and oxygen atoms in total. The number of nitrogens with one attached hydrogen (secondary N) is 1. The van der Waals surface area contributed by atoms with Crippen LogP contribution in [-0.4, -0.2) is 25.5 Å². The molecule has 1 spiro atoms. The summed E-state index contributed by atoms with van der Waals surface area (Å²) < 4.78 is 17.0. The predicted molar refractivity (Wildman–Crippen MR) is 67.1 cm³/mol. The van der Waals surface area contributed by atoms with Crippen LogP contribution in [0.25, 0.3) is 6.08 Å². The van der Waals surface area contributed by atoms with Gasteiger partial charge in [0.2, 0.25) is 6.79 Å². The van der Waals surface area contributed by atoms with Crippen molar-refractivity contribution in [1.29, 1.82) is 0 Å². The number of hydrogen-bond acceptors (Lipinski definition) is 4. The molecular weight excluding hydrogens is 230 g/mol. The maximum Gasteiger partial charge on any atom is 0.231 e. The van der Waals surface area contributed by atoms with E-state index in [1.807, 2.05) is 12.1 Å². The third-order valence-electron chi connectivity index (χ3n) is 3.83. The lowest BCUT2D eigenvalue weighted by molar-refractivity contribution is 0.0820. The second-order valence-electron chi connectivity index (χ2n) is 4.99. The average molecular weight is 245 g/mol. The zero-order valence-electron chi connectivity index (χ0n) is 10.1. The molecule has 0 saturated carbocycles. The molecule has 0 aromatic heterocycles. The number of hydrogen-bond donors (Lipinski definition) is 1. The first kappa shape index (κ1) is 10.3. The molecule has 3 aliphatic heterocycles. The molecular formula is C14H15NO3. The van der Waals surface area contributed by atoms with Gasteiger partial charge in [-0.15, -0.1) is 0 Å². The van der Waals surface area contributed by atoms with Crippen LogP contribution in [0, 0.1) is 0 Å². The van der Waals surface area contributed by atoms with Crippen LogP contribution in [0.3, 0.4) is 0 Å². The van der Waals surface area contributed by atoms with Crippen LogP contribution < -0.4 is 19.5 Å². The quantitative estimate of drug-likeness (QED) is 0.758. The lowest BCUT2D eigenvalue weighted by atomic mass is 9.89. The molecule has 94 valence electrons. The summed E-state index contributed by atoms with van der Waals surface area (Å²) in [5, 5.41) is 3.36. The zero-order valence-corrected chi connectivity index (χ0v) is 10.1. The van der Waals surface area contributed by atoms with Gasteiger partial charge in [-0.3, -0.25) is 0 Å². The largest absolute Gasteiger partial charge is 0.482 e. The second-order valence-corrected chi connectivity index (χ2v) is 4.99. The molecule has 0 aliphatic carbocycles. The van der Waals surface area contributed by atoms with E-state index in [1.165, 1.54) is 0 Å². The molecule has 0 bridgehead atoms. The van der Waals surface area contributed by atoms with Gasteiger partial charge in [0, 0.05) is 24.5 Å². The fraction of sp³-hybridized carbons (Fsp3) is 0.429. The Balaban J connectivity index is 1.72. The van der Waals surface area contributed by atoms with Gasteiger partial charge in [0.1, 0.15) is 11.4 Å². The predicted octanol–water partition coefficient (Wildman–Crippen LogP) is 1.94. The SMILES string of the molecule is C1=CC2(CCNCC2)Oc2cc3c(cc21)OCO3. The Labute approximate surface area is 106 Å². The third kappa shape index (κ3) is 1.49. The molecule has 1 fully saturated rings. The van der Waals surface area contributed by atoms with Gasteiger partial charge in [-0.25, -0.2) is 0 Å². The van der Waals surface area contributed by atoms with E-state index >= 15 is 0 Å². The first-order chi connectivity index (χ1) is 8.85. The molecule has 18 heavy (non-hydrogen) atoms. The molecule has 0 radical (unpaired) electrons. The number of ether oxygens (including phenoxy) is 3. The van der Waals surface area contributed by atoms with Gasteiger partial charge in [-0.1, -0.05) is 6.08 Å². The smallest absolute Gasteiger partial charge is 0.231 e. The summed E-state index contributed by atoms with van der Waals surface area (Å²) in [7, 11) is 0. The van der Waals surface area contributed by atoms with Crippen molar-refractivity contribution in [3.8, 4) is 17.2 Å². The van der Waals surface area contributed by atoms with Crippen LogP contribution in [0.2, 0.25) is 0 Å². The molecule has 4 rings (SSSR count). The summed E-state index contributed by atoms with van der Waals surface area (Å²) in [6.07, 6.45) is 6.36. The van der Waals surface area contributed by atoms with Crippen LogP contribution in [-0.2, 0) is 0 Å². The topological polar surface area (TPSA) is 39.7 Å². The Morgan fingerprint density at radius 2 is 1.78 bits per heavy atom. The van der Waals surface area contributed by atoms with Crippen molar-refractivity contribution >= 4 is 6.08 Å². The van der Waals surface area contributed by atoms with Crippen molar-refractivity contribution in [2.24, 2.45) is 0 Å². The molecule has 3 heterocycles. The van der Waals surface area contributed by atoms with Gasteiger partial charge in [0.15, 0.2) is 11.5 Å². The van der Waals surface area contributed by atoms with Gasteiger partial charge in [0.05, 0.1) is 0 Å². The highest BCUT2D eigenvalue weighted by Gasteiger charge is 2.35. The highest BCUT2D eigenvalue weighted by molar-refractivity contribution is 5.66. The minimum atomic E-state index is -0.133. The first-order valence-corrected chi connectivity index (χ1v) is 6.37. The maximum absolute atomic E-state index is 6.22. The van der Waals surface area contributed by atoms with Crippen LogP contribution >= 0.6 is 0 Å². The molecule has 1 aromatic rings. The van der Waals surface area contributed by atoms with E-state index in [-0.39, 0.29) is 5.60 Å². The number of fused-ring (bicyclic) bond motifs is 2. The lowest BCUT2D eigenvalue weighted by Crippen LogP contribution is -2.45. The van der Waals surface area contributed by atoms with Crippen LogP contribution in [0.15, 0.2) is 18.2 Å². The van der Waals surface area contributed by atoms with E-state index in [9.17, 15) is 0 Å². The summed E-state index contributed by atoms with van der Waals surface area (Å²) in [6.45, 7) is 2.31. The highest BCUT2D eigenvalue weighted by atomic mass is 16.7. The molecule has 0 unspecified atom stereocenters. The van der Waals surface area contributed by atoms with E-state index in [0.29, 0.717) is 6.79 Å². The van der Waals surface area contributed by atoms with Gasteiger partial charge in [-0.05, 0) is 25.2 Å². The Morgan fingerprint density at radius 1 is 1.00 bits per heavy atom. The number of piperidine rings is 1. The maximum atomic E-state index is 6.22. The van der Waals surface area contributed by atoms with E-state index in [1.54, 1.807) is 0 Å². The number of benzene rings is 1. The summed E-state index contributed by atoms with van der Waals surface area (Å²) in [5.74, 6) is 2.50. The van der Waals surface area contributed by atoms with Crippen LogP contribution in [0.4, 0.5) is 0 Å². The van der Waals surface area contributed by atoms with Crippen molar-refractivity contribution in [3.05, 3.63) is 23.8 Å². The second kappa shape index (κ2) is 3.65. The molecule has 0 amide bonds. The Kier molecular flexibility index (Phi) is 2.08. The molecule has 1 saturated heterocycles. The third-order valence-corrected chi connectivity index (χ3v) is 3.83.